The molecule has 0 bridgehead atoms. The maximum Gasteiger partial charge on any atom is 0.338 e. The van der Waals surface area contributed by atoms with E-state index in [4.69, 9.17) is 4.74 Å². The van der Waals surface area contributed by atoms with Crippen molar-refractivity contribution >= 4 is 40.8 Å². The number of rotatable bonds is 8. The number of aliphatic hydroxyl groups excluding tert-OH is 1. The lowest BCUT2D eigenvalue weighted by Gasteiger charge is -2.15. The van der Waals surface area contributed by atoms with Gasteiger partial charge in [-0.2, -0.15) is 0 Å². The number of amides is 2. The van der Waals surface area contributed by atoms with Gasteiger partial charge in [-0.1, -0.05) is 36.8 Å². The van der Waals surface area contributed by atoms with E-state index in [1.54, 1.807) is 12.1 Å². The molecule has 3 rings (SSSR count). The molecule has 1 N–H and O–H groups in total. The van der Waals surface area contributed by atoms with Crippen molar-refractivity contribution in [1.82, 2.24) is 0 Å². The molecular weight excluding hydrogens is 402 g/mol. The third kappa shape index (κ3) is 4.47. The summed E-state index contributed by atoms with van der Waals surface area (Å²) < 4.78 is 5.11. The van der Waals surface area contributed by atoms with Crippen LogP contribution < -0.4 is 4.90 Å². The van der Waals surface area contributed by atoms with Crippen LogP contribution in [0.1, 0.15) is 34.8 Å². The van der Waals surface area contributed by atoms with Gasteiger partial charge in [-0.3, -0.25) is 9.59 Å². The van der Waals surface area contributed by atoms with E-state index in [9.17, 15) is 19.5 Å². The van der Waals surface area contributed by atoms with Gasteiger partial charge in [0.05, 0.1) is 34.9 Å². The molecule has 0 spiro atoms. The number of nitrogens with zero attached hydrogens (tertiary/aromatic N) is 1. The van der Waals surface area contributed by atoms with Crippen molar-refractivity contribution in [2.75, 3.05) is 23.9 Å². The van der Waals surface area contributed by atoms with Crippen LogP contribution in [0.5, 0.6) is 0 Å². The van der Waals surface area contributed by atoms with E-state index in [0.717, 1.165) is 28.6 Å². The molecule has 0 aromatic heterocycles. The van der Waals surface area contributed by atoms with Gasteiger partial charge in [0.1, 0.15) is 0 Å². The van der Waals surface area contributed by atoms with E-state index in [1.165, 1.54) is 12.1 Å². The highest BCUT2D eigenvalue weighted by Gasteiger charge is 2.40. The number of aliphatic hydroxyl groups is 1. The first-order valence-corrected chi connectivity index (χ1v) is 10.7. The molecule has 2 amide bonds. The summed E-state index contributed by atoms with van der Waals surface area (Å²) in [4.78, 5) is 39.7. The number of esters is 1. The molecule has 2 aromatic rings. The van der Waals surface area contributed by atoms with Crippen LogP contribution in [0.25, 0.3) is 5.57 Å². The molecule has 0 fully saturated rings. The Bertz CT molecular complexity index is 980. The predicted octanol–water partition coefficient (Wildman–Crippen LogP) is 3.57. The zero-order valence-corrected chi connectivity index (χ0v) is 17.7. The average Bonchev–Trinajstić information content (AvgIpc) is 3.00. The molecule has 0 radical (unpaired) electrons. The first-order valence-electron chi connectivity index (χ1n) is 9.68. The van der Waals surface area contributed by atoms with E-state index in [2.05, 4.69) is 0 Å². The van der Waals surface area contributed by atoms with Gasteiger partial charge in [-0.25, -0.2) is 9.69 Å². The number of anilines is 1. The first kappa shape index (κ1) is 21.8. The van der Waals surface area contributed by atoms with Crippen molar-refractivity contribution in [3.63, 3.8) is 0 Å². The number of aryl methyl sites for hydroxylation is 1. The fourth-order valence-electron chi connectivity index (χ4n) is 3.03. The largest absolute Gasteiger partial charge is 0.462 e. The Morgan fingerprint density at radius 2 is 1.70 bits per heavy atom. The molecule has 1 aliphatic heterocycles. The first-order chi connectivity index (χ1) is 14.5. The van der Waals surface area contributed by atoms with Crippen molar-refractivity contribution in [2.24, 2.45) is 0 Å². The summed E-state index contributed by atoms with van der Waals surface area (Å²) in [5, 5.41) is 9.20. The molecule has 0 unspecified atom stereocenters. The second kappa shape index (κ2) is 9.73. The Hall–Kier alpha value is -2.90. The van der Waals surface area contributed by atoms with Gasteiger partial charge in [0, 0.05) is 5.75 Å². The minimum absolute atomic E-state index is 0.106. The van der Waals surface area contributed by atoms with Gasteiger partial charge in [-0.15, -0.1) is 11.8 Å². The van der Waals surface area contributed by atoms with Gasteiger partial charge < -0.3 is 9.84 Å². The molecule has 0 atom stereocenters. The molecule has 1 heterocycles. The molecule has 2 aromatic carbocycles. The highest BCUT2D eigenvalue weighted by atomic mass is 32.2. The lowest BCUT2D eigenvalue weighted by Crippen LogP contribution is -2.31. The zero-order chi connectivity index (χ0) is 21.7. The number of carbonyl (C=O) groups is 3. The highest BCUT2D eigenvalue weighted by Crippen LogP contribution is 2.38. The molecule has 30 heavy (non-hydrogen) atoms. The van der Waals surface area contributed by atoms with Crippen LogP contribution in [0.15, 0.2) is 53.4 Å². The quantitative estimate of drug-likeness (QED) is 0.514. The van der Waals surface area contributed by atoms with E-state index >= 15 is 0 Å². The van der Waals surface area contributed by atoms with Crippen molar-refractivity contribution in [3.05, 3.63) is 70.1 Å². The zero-order valence-electron chi connectivity index (χ0n) is 16.9. The Kier molecular flexibility index (Phi) is 7.07. The Balaban J connectivity index is 1.92. The maximum atomic E-state index is 13.2. The second-order valence-corrected chi connectivity index (χ2v) is 7.88. The molecule has 156 valence electrons. The molecule has 0 saturated carbocycles. The monoisotopic (exact) mass is 425 g/mol. The van der Waals surface area contributed by atoms with Gasteiger partial charge in [-0.05, 0) is 43.2 Å². The highest BCUT2D eigenvalue weighted by molar-refractivity contribution is 8.04. The predicted molar refractivity (Wildman–Crippen MR) is 117 cm³/mol. The normalized spacial score (nSPS) is 13.9. The van der Waals surface area contributed by atoms with Crippen LogP contribution in [0, 0.1) is 6.92 Å². The van der Waals surface area contributed by atoms with Crippen molar-refractivity contribution in [1.29, 1.82) is 0 Å². The standard InChI is InChI=1S/C23H23NO5S/c1-3-13-29-23(28)17-8-10-18(11-9-17)24-21(26)19(16-6-4-15(2)5-7-16)20(22(24)27)30-14-12-25/h4-11,25H,3,12-14H2,1-2H3. The molecule has 1 aliphatic rings. The maximum absolute atomic E-state index is 13.2. The molecule has 0 aliphatic carbocycles. The van der Waals surface area contributed by atoms with Crippen molar-refractivity contribution in [2.45, 2.75) is 20.3 Å². The van der Waals surface area contributed by atoms with Gasteiger partial charge in [0.25, 0.3) is 11.8 Å². The Morgan fingerprint density at radius 3 is 2.30 bits per heavy atom. The van der Waals surface area contributed by atoms with E-state index < -0.39 is 17.8 Å². The smallest absolute Gasteiger partial charge is 0.338 e. The van der Waals surface area contributed by atoms with Gasteiger partial charge in [0.2, 0.25) is 0 Å². The topological polar surface area (TPSA) is 83.9 Å². The van der Waals surface area contributed by atoms with Crippen LogP contribution in [0.3, 0.4) is 0 Å². The number of ether oxygens (including phenoxy) is 1. The fourth-order valence-corrected chi connectivity index (χ4v) is 3.88. The molecule has 7 heteroatoms. The third-order valence-corrected chi connectivity index (χ3v) is 5.57. The van der Waals surface area contributed by atoms with Crippen molar-refractivity contribution in [3.8, 4) is 0 Å². The van der Waals surface area contributed by atoms with E-state index in [-0.39, 0.29) is 6.61 Å². The summed E-state index contributed by atoms with van der Waals surface area (Å²) in [6.07, 6.45) is 0.725. The molecular formula is C23H23NO5S. The summed E-state index contributed by atoms with van der Waals surface area (Å²) in [7, 11) is 0. The minimum atomic E-state index is -0.444. The molecule has 6 nitrogen and oxygen atoms in total. The van der Waals surface area contributed by atoms with Gasteiger partial charge >= 0.3 is 5.97 Å². The number of thioether (sulfide) groups is 1. The van der Waals surface area contributed by atoms with Crippen LogP contribution >= 0.6 is 11.8 Å². The summed E-state index contributed by atoms with van der Waals surface area (Å²) in [5.74, 6) is -0.999. The number of benzene rings is 2. The van der Waals surface area contributed by atoms with Crippen LogP contribution in [-0.2, 0) is 14.3 Å². The summed E-state index contributed by atoms with van der Waals surface area (Å²) >= 11 is 1.16. The molecule has 0 saturated heterocycles. The lowest BCUT2D eigenvalue weighted by atomic mass is 10.0. The van der Waals surface area contributed by atoms with E-state index in [0.29, 0.717) is 39.7 Å². The summed E-state index contributed by atoms with van der Waals surface area (Å²) in [6.45, 7) is 4.08. The number of hydrogen-bond acceptors (Lipinski definition) is 6. The van der Waals surface area contributed by atoms with Crippen LogP contribution in [-0.4, -0.2) is 41.9 Å². The Labute approximate surface area is 179 Å². The van der Waals surface area contributed by atoms with Crippen LogP contribution in [0.4, 0.5) is 5.69 Å². The SMILES string of the molecule is CCCOC(=O)c1ccc(N2C(=O)C(SCCO)=C(c3ccc(C)cc3)C2=O)cc1. The number of carbonyl (C=O) groups excluding carboxylic acids is 3. The average molecular weight is 426 g/mol. The Morgan fingerprint density at radius 1 is 1.03 bits per heavy atom. The summed E-state index contributed by atoms with van der Waals surface area (Å²) in [6, 6.07) is 13.6. The van der Waals surface area contributed by atoms with E-state index in [1.807, 2.05) is 38.1 Å². The third-order valence-electron chi connectivity index (χ3n) is 4.52. The van der Waals surface area contributed by atoms with Crippen molar-refractivity contribution < 1.29 is 24.2 Å². The fraction of sp³-hybridized carbons (Fsp3) is 0.261. The minimum Gasteiger partial charge on any atom is -0.462 e. The van der Waals surface area contributed by atoms with Crippen LogP contribution in [0.2, 0.25) is 0 Å². The second-order valence-electron chi connectivity index (χ2n) is 6.77. The lowest BCUT2D eigenvalue weighted by molar-refractivity contribution is -0.119. The number of hydrogen-bond donors (Lipinski definition) is 1. The summed E-state index contributed by atoms with van der Waals surface area (Å²) in [5.41, 5.74) is 2.75. The van der Waals surface area contributed by atoms with Gasteiger partial charge in [0.15, 0.2) is 0 Å². The number of imide groups is 1.